The molecule has 0 saturated carbocycles. The number of nitrogens with one attached hydrogen (secondary N) is 2. The maximum Gasteiger partial charge on any atom is 0.548 e. The minimum Gasteiger partial charge on any atom is -0.455 e. The number of fused-ring (bicyclic) bond motifs is 8. The summed E-state index contributed by atoms with van der Waals surface area (Å²) in [6.45, 7) is 22.7. The van der Waals surface area contributed by atoms with Crippen LogP contribution >= 0.6 is 27.8 Å². The summed E-state index contributed by atoms with van der Waals surface area (Å²) in [4.78, 5) is 72.4. The number of halogens is 4. The van der Waals surface area contributed by atoms with Crippen molar-refractivity contribution in [1.29, 1.82) is 0 Å². The normalized spacial score (nSPS) is 15.7. The second kappa shape index (κ2) is 27.6. The van der Waals surface area contributed by atoms with Crippen LogP contribution in [0.15, 0.2) is 54.6 Å². The highest BCUT2D eigenvalue weighted by Gasteiger charge is 2.57. The fourth-order valence-electron chi connectivity index (χ4n) is 9.51. The summed E-state index contributed by atoms with van der Waals surface area (Å²) in [5.74, 6) is -3.71. The summed E-state index contributed by atoms with van der Waals surface area (Å²) in [6.07, 6.45) is 0.115. The van der Waals surface area contributed by atoms with Crippen LogP contribution in [0.5, 0.6) is 23.0 Å². The van der Waals surface area contributed by atoms with Crippen molar-refractivity contribution in [1.82, 2.24) is 15.5 Å². The summed E-state index contributed by atoms with van der Waals surface area (Å²) >= 11 is 7.40. The van der Waals surface area contributed by atoms with Crippen molar-refractivity contribution in [3.8, 4) is 23.0 Å². The van der Waals surface area contributed by atoms with Crippen molar-refractivity contribution in [2.45, 2.75) is 131 Å². The number of hydrogen-bond donors (Lipinski definition) is 2. The molecule has 0 bridgehead atoms. The van der Waals surface area contributed by atoms with Gasteiger partial charge in [0.05, 0.1) is 34.3 Å². The topological polar surface area (TPSA) is 189 Å². The van der Waals surface area contributed by atoms with Crippen LogP contribution in [0.3, 0.4) is 0 Å². The van der Waals surface area contributed by atoms with Gasteiger partial charge in [0.15, 0.2) is 17.1 Å². The third kappa shape index (κ3) is 15.7. The molecule has 1 spiro atoms. The highest BCUT2D eigenvalue weighted by atomic mass is 35.5. The summed E-state index contributed by atoms with van der Waals surface area (Å²) in [6, 6.07) is 14.4. The van der Waals surface area contributed by atoms with Gasteiger partial charge in [0, 0.05) is 68.9 Å². The lowest BCUT2D eigenvalue weighted by Gasteiger charge is -2.38. The summed E-state index contributed by atoms with van der Waals surface area (Å²) < 4.78 is 89.7. The number of benzene rings is 4. The van der Waals surface area contributed by atoms with Gasteiger partial charge in [-0.05, 0) is 127 Å². The average Bonchev–Trinajstić information content (AvgIpc) is 3.67. The molecule has 2 amide bonds. The second-order valence-corrected chi connectivity index (χ2v) is 26.4. The van der Waals surface area contributed by atoms with Gasteiger partial charge >= 0.3 is 38.0 Å². The fourth-order valence-corrected chi connectivity index (χ4v) is 13.2. The summed E-state index contributed by atoms with van der Waals surface area (Å²) in [5, 5.41) is 5.58. The van der Waals surface area contributed by atoms with E-state index in [1.807, 2.05) is 0 Å². The van der Waals surface area contributed by atoms with E-state index in [9.17, 15) is 41.7 Å². The molecule has 6 rings (SSSR count). The molecule has 2 aliphatic rings. The van der Waals surface area contributed by atoms with E-state index >= 15 is 0 Å². The van der Waals surface area contributed by atoms with Crippen LogP contribution in [-0.2, 0) is 49.5 Å². The van der Waals surface area contributed by atoms with E-state index in [1.54, 1.807) is 77.2 Å². The molecule has 4 aromatic carbocycles. The van der Waals surface area contributed by atoms with Crippen molar-refractivity contribution >= 4 is 73.6 Å². The Kier molecular flexibility index (Phi) is 21.9. The molecule has 0 aliphatic carbocycles. The van der Waals surface area contributed by atoms with Gasteiger partial charge < -0.3 is 43.8 Å². The molecule has 2 aliphatic heterocycles. The number of rotatable bonds is 26. The maximum absolute atomic E-state index is 14.4. The highest BCUT2D eigenvalue weighted by Crippen LogP contribution is 2.62. The molecular formula is C59H73ClF3N4O12P2+. The van der Waals surface area contributed by atoms with Gasteiger partial charge in [0.25, 0.3) is 0 Å². The molecule has 22 heteroatoms. The second-order valence-electron chi connectivity index (χ2n) is 22.7. The number of unbranched alkanes of at least 4 members (excludes halogenated alkanes) is 4. The van der Waals surface area contributed by atoms with Crippen LogP contribution in [0.4, 0.5) is 13.2 Å². The van der Waals surface area contributed by atoms with Crippen molar-refractivity contribution in [2.24, 2.45) is 16.7 Å². The number of esters is 3. The van der Waals surface area contributed by atoms with E-state index in [2.05, 4.69) is 43.0 Å². The van der Waals surface area contributed by atoms with E-state index < -0.39 is 62.6 Å². The molecule has 2 heterocycles. The van der Waals surface area contributed by atoms with E-state index in [0.29, 0.717) is 42.0 Å². The van der Waals surface area contributed by atoms with Crippen LogP contribution in [-0.4, -0.2) is 99.7 Å². The quantitative estimate of drug-likeness (QED) is 0.0199. The van der Waals surface area contributed by atoms with E-state index in [4.69, 9.17) is 46.2 Å². The first-order valence-corrected chi connectivity index (χ1v) is 30.2. The van der Waals surface area contributed by atoms with Crippen LogP contribution in [0, 0.1) is 23.3 Å². The Morgan fingerprint density at radius 1 is 0.840 bits per heavy atom. The maximum atomic E-state index is 14.4. The minimum absolute atomic E-state index is 0.0159. The molecule has 81 heavy (non-hydrogen) atoms. The zero-order valence-corrected chi connectivity index (χ0v) is 50.2. The first-order valence-electron chi connectivity index (χ1n) is 27.1. The molecule has 16 nitrogen and oxygen atoms in total. The molecule has 0 radical (unpaired) electrons. The fraction of sp³-hybridized carbons (Fsp3) is 0.525. The zero-order chi connectivity index (χ0) is 59.6. The molecule has 0 fully saturated rings. The van der Waals surface area contributed by atoms with Gasteiger partial charge in [0.1, 0.15) is 23.1 Å². The number of hydrogen-bond acceptors (Lipinski definition) is 13. The third-order valence-corrected chi connectivity index (χ3v) is 17.9. The summed E-state index contributed by atoms with van der Waals surface area (Å²) in [7, 11) is 0.719. The highest BCUT2D eigenvalue weighted by molar-refractivity contribution is 7.53. The Bertz CT molecular complexity index is 3040. The molecule has 0 saturated heterocycles. The number of ether oxygens (including phenoxy) is 4. The molecule has 4 atom stereocenters. The predicted molar refractivity (Wildman–Crippen MR) is 305 cm³/mol. The Balaban J connectivity index is 1.33. The first kappa shape index (κ1) is 64.4. The Hall–Kier alpha value is -5.73. The molecular weight excluding hydrogens is 1110 g/mol. The molecule has 4 aromatic rings. The van der Waals surface area contributed by atoms with Crippen molar-refractivity contribution in [3.63, 3.8) is 0 Å². The number of amides is 2. The van der Waals surface area contributed by atoms with Gasteiger partial charge in [-0.2, -0.15) is 13.2 Å². The number of nitrogens with zero attached hydrogens (tertiary/aromatic N) is 2. The number of aryl methyl sites for hydroxylation is 1. The monoisotopic (exact) mass is 1180 g/mol. The van der Waals surface area contributed by atoms with Crippen LogP contribution in [0.1, 0.15) is 139 Å². The van der Waals surface area contributed by atoms with Gasteiger partial charge in [-0.1, -0.05) is 62.6 Å². The van der Waals surface area contributed by atoms with Gasteiger partial charge in [-0.3, -0.25) is 19.2 Å². The van der Waals surface area contributed by atoms with E-state index in [0.717, 1.165) is 38.3 Å². The summed E-state index contributed by atoms with van der Waals surface area (Å²) in [5.41, 5.74) is -2.92. The van der Waals surface area contributed by atoms with Crippen molar-refractivity contribution in [3.05, 3.63) is 98.9 Å². The lowest BCUT2D eigenvalue weighted by atomic mass is 9.75. The molecule has 2 N–H and O–H groups in total. The zero-order valence-electron chi connectivity index (χ0n) is 47.7. The van der Waals surface area contributed by atoms with E-state index in [1.165, 1.54) is 24.3 Å². The van der Waals surface area contributed by atoms with Gasteiger partial charge in [-0.15, -0.1) is 4.52 Å². The smallest absolute Gasteiger partial charge is 0.455 e. The minimum atomic E-state index is -5.03. The van der Waals surface area contributed by atoms with Crippen LogP contribution in [0.25, 0.3) is 15.6 Å². The SMILES string of the molecule is [C-]#[N+]CCCP(OCCCCCCNC(=O)CCc1cc2c(c(Cl)c1OC(=O)C(C)(C)C)Oc1cc(OC(=O)C(C)(C)C)c3ccccc3c1C21OC(=O)c2ccc([P+](=O)OCCCCNC(=O)C(F)(F)F)cc21)C(C(C)C)N(C)C. The largest absolute Gasteiger partial charge is 0.548 e. The lowest BCUT2D eigenvalue weighted by Crippen LogP contribution is -2.37. The first-order chi connectivity index (χ1) is 38.1. The number of carbonyl (C=O) groups is 5. The Morgan fingerprint density at radius 2 is 1.48 bits per heavy atom. The molecule has 0 aromatic heterocycles. The third-order valence-electron chi connectivity index (χ3n) is 13.5. The number of alkyl halides is 3. The van der Waals surface area contributed by atoms with Gasteiger partial charge in [-0.25, -0.2) is 11.4 Å². The predicted octanol–water partition coefficient (Wildman–Crippen LogP) is 12.7. The van der Waals surface area contributed by atoms with Crippen molar-refractivity contribution in [2.75, 3.05) is 53.1 Å². The van der Waals surface area contributed by atoms with Gasteiger partial charge in [0.2, 0.25) is 17.8 Å². The Morgan fingerprint density at radius 3 is 2.14 bits per heavy atom. The average molecular weight is 1180 g/mol. The van der Waals surface area contributed by atoms with E-state index in [-0.39, 0.29) is 106 Å². The molecule has 4 unspecified atom stereocenters. The van der Waals surface area contributed by atoms with Crippen LogP contribution < -0.4 is 30.1 Å². The molecule has 438 valence electrons. The van der Waals surface area contributed by atoms with Crippen LogP contribution in [0.2, 0.25) is 5.02 Å². The number of carbonyl (C=O) groups excluding carboxylic acids is 5. The standard InChI is InChI=1S/C59H72ClF3N4O12P2/c1-36(2)51(67(10)11)80(32-20-27-64-9)74-30-18-13-12-16-28-65-46(68)26-23-37-33-43-50(48(60)49(37)78-55(72)57(6,7)8)76-45-35-44(77-54(71)56(3,4)5)39-21-14-15-22-40(39)47(45)58(43)42-34-38(24-25-41(42)52(69)79-58)81(73)75-31-19-17-29-66-53(70)59(61,62)63/h14-15,21-22,24-25,33-36,51H,12-13,16-20,23,26-32H2,1-8,10-11H3,(H-,65,66,68,70)/p+1. The lowest BCUT2D eigenvalue weighted by molar-refractivity contribution is -0.173. The Labute approximate surface area is 479 Å². The van der Waals surface area contributed by atoms with Crippen molar-refractivity contribution < 1.29 is 69.7 Å².